The Kier molecular flexibility index (Phi) is 4.48. The van der Waals surface area contributed by atoms with E-state index < -0.39 is 11.7 Å². The van der Waals surface area contributed by atoms with E-state index in [1.54, 1.807) is 6.07 Å². The van der Waals surface area contributed by atoms with Crippen molar-refractivity contribution >= 4 is 0 Å². The van der Waals surface area contributed by atoms with E-state index in [9.17, 15) is 13.2 Å². The number of alkyl halides is 3. The van der Waals surface area contributed by atoms with E-state index in [0.29, 0.717) is 5.56 Å². The first-order chi connectivity index (χ1) is 9.45. The van der Waals surface area contributed by atoms with Gasteiger partial charge in [-0.25, -0.2) is 0 Å². The molecule has 20 heavy (non-hydrogen) atoms. The third-order valence-electron chi connectivity index (χ3n) is 3.09. The number of rotatable bonds is 4. The molecule has 3 heteroatoms. The van der Waals surface area contributed by atoms with Gasteiger partial charge in [0.05, 0.1) is 5.56 Å². The largest absolute Gasteiger partial charge is 0.416 e. The molecule has 0 amide bonds. The molecule has 0 nitrogen and oxygen atoms in total. The van der Waals surface area contributed by atoms with Crippen LogP contribution in [0.3, 0.4) is 0 Å². The van der Waals surface area contributed by atoms with Gasteiger partial charge in [-0.2, -0.15) is 13.2 Å². The zero-order chi connectivity index (χ0) is 14.6. The Bertz CT molecular complexity index is 544. The average Bonchev–Trinajstić information content (AvgIpc) is 2.39. The molecule has 1 atom stereocenters. The van der Waals surface area contributed by atoms with Crippen LogP contribution < -0.4 is 0 Å². The highest BCUT2D eigenvalue weighted by Gasteiger charge is 2.30. The van der Waals surface area contributed by atoms with Gasteiger partial charge in [0, 0.05) is 0 Å². The fraction of sp³-hybridized carbons (Fsp3) is 0.235. The zero-order valence-corrected chi connectivity index (χ0v) is 11.2. The van der Waals surface area contributed by atoms with Crippen LogP contribution >= 0.6 is 0 Å². The molecule has 0 aliphatic heterocycles. The zero-order valence-electron chi connectivity index (χ0n) is 11.2. The lowest BCUT2D eigenvalue weighted by Crippen LogP contribution is -2.06. The minimum absolute atomic E-state index is 0.181. The molecule has 105 valence electrons. The molecule has 0 aliphatic carbocycles. The highest BCUT2D eigenvalue weighted by molar-refractivity contribution is 5.31. The van der Waals surface area contributed by atoms with Crippen LogP contribution in [-0.2, 0) is 12.6 Å². The Hall–Kier alpha value is -1.77. The highest BCUT2D eigenvalue weighted by Crippen LogP contribution is 2.30. The molecule has 0 N–H and O–H groups in total. The standard InChI is InChI=1S/C17H16F3/c1-13(10-14-6-3-2-4-7-14)11-15-8-5-9-16(12-15)17(18,19)20/h2-9,11-13H,10H2,1H3. The minimum Gasteiger partial charge on any atom is -0.166 e. The maximum absolute atomic E-state index is 12.6. The molecule has 2 aromatic carbocycles. The Labute approximate surface area is 117 Å². The molecule has 1 unspecified atom stereocenters. The SMILES string of the molecule is CC([CH]c1cccc(C(F)(F)F)c1)Cc1ccccc1. The average molecular weight is 277 g/mol. The summed E-state index contributed by atoms with van der Waals surface area (Å²) in [4.78, 5) is 0. The second-order valence-electron chi connectivity index (χ2n) is 4.96. The van der Waals surface area contributed by atoms with Crippen LogP contribution in [-0.4, -0.2) is 0 Å². The summed E-state index contributed by atoms with van der Waals surface area (Å²) in [6.07, 6.45) is -1.59. The smallest absolute Gasteiger partial charge is 0.166 e. The van der Waals surface area contributed by atoms with Crippen molar-refractivity contribution in [1.82, 2.24) is 0 Å². The third kappa shape index (κ3) is 4.12. The minimum atomic E-state index is -4.29. The molecule has 0 heterocycles. The van der Waals surface area contributed by atoms with Crippen LogP contribution in [0, 0.1) is 12.3 Å². The lowest BCUT2D eigenvalue weighted by atomic mass is 9.93. The molecule has 2 rings (SSSR count). The quantitative estimate of drug-likeness (QED) is 0.726. The summed E-state index contributed by atoms with van der Waals surface area (Å²) in [5.41, 5.74) is 1.20. The molecular weight excluding hydrogens is 261 g/mol. The summed E-state index contributed by atoms with van der Waals surface area (Å²) in [7, 11) is 0. The molecule has 0 fully saturated rings. The number of benzene rings is 2. The first-order valence-corrected chi connectivity index (χ1v) is 6.51. The summed E-state index contributed by atoms with van der Waals surface area (Å²) in [5.74, 6) is 0.181. The van der Waals surface area contributed by atoms with Gasteiger partial charge in [0.25, 0.3) is 0 Å². The monoisotopic (exact) mass is 277 g/mol. The molecular formula is C17H16F3. The van der Waals surface area contributed by atoms with Crippen molar-refractivity contribution in [1.29, 1.82) is 0 Å². The van der Waals surface area contributed by atoms with Gasteiger partial charge in [0.1, 0.15) is 0 Å². The van der Waals surface area contributed by atoms with E-state index >= 15 is 0 Å². The fourth-order valence-electron chi connectivity index (χ4n) is 2.19. The Morgan fingerprint density at radius 3 is 2.35 bits per heavy atom. The number of hydrogen-bond donors (Lipinski definition) is 0. The highest BCUT2D eigenvalue weighted by atomic mass is 19.4. The molecule has 1 radical (unpaired) electrons. The van der Waals surface area contributed by atoms with E-state index in [1.165, 1.54) is 17.7 Å². The fourth-order valence-corrected chi connectivity index (χ4v) is 2.19. The van der Waals surface area contributed by atoms with E-state index in [-0.39, 0.29) is 5.92 Å². The first kappa shape index (κ1) is 14.6. The normalized spacial score (nSPS) is 13.2. The van der Waals surface area contributed by atoms with E-state index in [4.69, 9.17) is 0 Å². The van der Waals surface area contributed by atoms with Crippen molar-refractivity contribution in [3.63, 3.8) is 0 Å². The predicted octanol–water partition coefficient (Wildman–Crippen LogP) is 5.14. The van der Waals surface area contributed by atoms with Gasteiger partial charge in [0.15, 0.2) is 0 Å². The predicted molar refractivity (Wildman–Crippen MR) is 74.2 cm³/mol. The molecule has 0 aromatic heterocycles. The molecule has 0 bridgehead atoms. The van der Waals surface area contributed by atoms with Gasteiger partial charge in [-0.3, -0.25) is 0 Å². The second-order valence-corrected chi connectivity index (χ2v) is 4.96. The van der Waals surface area contributed by atoms with Crippen LogP contribution in [0.4, 0.5) is 13.2 Å². The van der Waals surface area contributed by atoms with Crippen LogP contribution in [0.1, 0.15) is 23.6 Å². The molecule has 0 aliphatic rings. The van der Waals surface area contributed by atoms with Crippen LogP contribution in [0.25, 0.3) is 0 Å². The third-order valence-corrected chi connectivity index (χ3v) is 3.09. The molecule has 0 spiro atoms. The Morgan fingerprint density at radius 1 is 1.00 bits per heavy atom. The van der Waals surface area contributed by atoms with Crippen LogP contribution in [0.15, 0.2) is 54.6 Å². The summed E-state index contributed by atoms with van der Waals surface area (Å²) in [6, 6.07) is 15.4. The van der Waals surface area contributed by atoms with Gasteiger partial charge in [0.2, 0.25) is 0 Å². The lowest BCUT2D eigenvalue weighted by Gasteiger charge is -2.13. The maximum atomic E-state index is 12.6. The van der Waals surface area contributed by atoms with Gasteiger partial charge in [-0.05, 0) is 36.0 Å². The maximum Gasteiger partial charge on any atom is 0.416 e. The Balaban J connectivity index is 2.03. The van der Waals surface area contributed by atoms with E-state index in [0.717, 1.165) is 12.5 Å². The second kappa shape index (κ2) is 6.12. The molecule has 0 saturated heterocycles. The topological polar surface area (TPSA) is 0 Å². The molecule has 0 saturated carbocycles. The lowest BCUT2D eigenvalue weighted by molar-refractivity contribution is -0.137. The number of halogens is 3. The van der Waals surface area contributed by atoms with Crippen molar-refractivity contribution in [2.75, 3.05) is 0 Å². The van der Waals surface area contributed by atoms with Crippen molar-refractivity contribution in [2.45, 2.75) is 19.5 Å². The summed E-state index contributed by atoms with van der Waals surface area (Å²) >= 11 is 0. The van der Waals surface area contributed by atoms with Gasteiger partial charge >= 0.3 is 6.18 Å². The van der Waals surface area contributed by atoms with Crippen LogP contribution in [0.2, 0.25) is 0 Å². The van der Waals surface area contributed by atoms with Crippen molar-refractivity contribution < 1.29 is 13.2 Å². The number of hydrogen-bond acceptors (Lipinski definition) is 0. The van der Waals surface area contributed by atoms with E-state index in [1.807, 2.05) is 43.7 Å². The first-order valence-electron chi connectivity index (χ1n) is 6.51. The summed E-state index contributed by atoms with van der Waals surface area (Å²) in [6.45, 7) is 2.01. The van der Waals surface area contributed by atoms with Crippen LogP contribution in [0.5, 0.6) is 0 Å². The van der Waals surface area contributed by atoms with Gasteiger partial charge in [-0.1, -0.05) is 55.5 Å². The van der Waals surface area contributed by atoms with E-state index in [2.05, 4.69) is 0 Å². The van der Waals surface area contributed by atoms with Crippen molar-refractivity contribution in [2.24, 2.45) is 5.92 Å². The van der Waals surface area contributed by atoms with Gasteiger partial charge < -0.3 is 0 Å². The van der Waals surface area contributed by atoms with Crippen molar-refractivity contribution in [3.8, 4) is 0 Å². The Morgan fingerprint density at radius 2 is 1.70 bits per heavy atom. The van der Waals surface area contributed by atoms with Gasteiger partial charge in [-0.15, -0.1) is 0 Å². The molecule has 2 aromatic rings. The summed E-state index contributed by atoms with van der Waals surface area (Å²) in [5, 5.41) is 0. The van der Waals surface area contributed by atoms with Crippen molar-refractivity contribution in [3.05, 3.63) is 77.7 Å². The summed E-state index contributed by atoms with van der Waals surface area (Å²) < 4.78 is 37.9.